The van der Waals surface area contributed by atoms with Gasteiger partial charge in [-0.3, -0.25) is 4.79 Å². The summed E-state index contributed by atoms with van der Waals surface area (Å²) < 4.78 is 5.33. The SMILES string of the molecule is CC(O)CN1CCC(CN(C)C(=O)c2cnc(-c3ccco3)s2)CC1. The van der Waals surface area contributed by atoms with Crippen LogP contribution in [-0.4, -0.2) is 65.1 Å². The maximum atomic E-state index is 12.6. The Kier molecular flexibility index (Phi) is 5.88. The first-order valence-electron chi connectivity index (χ1n) is 8.68. The molecule has 0 aromatic carbocycles. The fraction of sp³-hybridized carbons (Fsp3) is 0.556. The maximum Gasteiger partial charge on any atom is 0.265 e. The van der Waals surface area contributed by atoms with Gasteiger partial charge in [0.15, 0.2) is 10.8 Å². The molecule has 1 aliphatic rings. The molecule has 3 rings (SSSR count). The largest absolute Gasteiger partial charge is 0.462 e. The number of carbonyl (C=O) groups is 1. The standard InChI is InChI=1S/C18H25N3O3S/c1-13(22)11-21-7-5-14(6-8-21)12-20(2)18(23)16-10-19-17(25-16)15-4-3-9-24-15/h3-4,9-10,13-14,22H,5-8,11-12H2,1-2H3. The van der Waals surface area contributed by atoms with Crippen molar-refractivity contribution < 1.29 is 14.3 Å². The molecule has 1 saturated heterocycles. The summed E-state index contributed by atoms with van der Waals surface area (Å²) in [6.07, 6.45) is 5.08. The first-order valence-corrected chi connectivity index (χ1v) is 9.50. The topological polar surface area (TPSA) is 69.8 Å². The summed E-state index contributed by atoms with van der Waals surface area (Å²) in [5.41, 5.74) is 0. The molecule has 7 heteroatoms. The summed E-state index contributed by atoms with van der Waals surface area (Å²) in [5, 5.41) is 10.2. The number of aromatic nitrogens is 1. The maximum absolute atomic E-state index is 12.6. The third kappa shape index (κ3) is 4.68. The number of likely N-dealkylation sites (tertiary alicyclic amines) is 1. The highest BCUT2D eigenvalue weighted by atomic mass is 32.1. The average Bonchev–Trinajstić information content (AvgIpc) is 3.26. The molecule has 136 valence electrons. The highest BCUT2D eigenvalue weighted by molar-refractivity contribution is 7.16. The van der Waals surface area contributed by atoms with Gasteiger partial charge < -0.3 is 19.3 Å². The number of aliphatic hydroxyl groups excluding tert-OH is 1. The molecule has 0 radical (unpaired) electrons. The first-order chi connectivity index (χ1) is 12.0. The van der Waals surface area contributed by atoms with Gasteiger partial charge in [-0.2, -0.15) is 0 Å². The molecule has 3 heterocycles. The number of furan rings is 1. The minimum Gasteiger partial charge on any atom is -0.462 e. The molecule has 0 saturated carbocycles. The normalized spacial score (nSPS) is 17.6. The molecule has 1 unspecified atom stereocenters. The highest BCUT2D eigenvalue weighted by Gasteiger charge is 2.24. The molecule has 25 heavy (non-hydrogen) atoms. The van der Waals surface area contributed by atoms with Gasteiger partial charge >= 0.3 is 0 Å². The molecule has 1 aliphatic heterocycles. The Morgan fingerprint density at radius 1 is 1.52 bits per heavy atom. The van der Waals surface area contributed by atoms with E-state index in [9.17, 15) is 9.90 Å². The number of carbonyl (C=O) groups excluding carboxylic acids is 1. The van der Waals surface area contributed by atoms with Crippen molar-refractivity contribution in [2.24, 2.45) is 5.92 Å². The zero-order valence-electron chi connectivity index (χ0n) is 14.7. The van der Waals surface area contributed by atoms with Gasteiger partial charge in [-0.15, -0.1) is 11.3 Å². The summed E-state index contributed by atoms with van der Waals surface area (Å²) >= 11 is 1.36. The smallest absolute Gasteiger partial charge is 0.265 e. The van der Waals surface area contributed by atoms with Gasteiger partial charge in [0.05, 0.1) is 18.6 Å². The van der Waals surface area contributed by atoms with Crippen LogP contribution in [0.25, 0.3) is 10.8 Å². The van der Waals surface area contributed by atoms with Gasteiger partial charge in [0.25, 0.3) is 5.91 Å². The predicted octanol–water partition coefficient (Wildman–Crippen LogP) is 2.57. The molecule has 1 atom stereocenters. The van der Waals surface area contributed by atoms with Crippen molar-refractivity contribution in [2.45, 2.75) is 25.9 Å². The second kappa shape index (κ2) is 8.12. The van der Waals surface area contributed by atoms with Gasteiger partial charge in [-0.1, -0.05) is 0 Å². The summed E-state index contributed by atoms with van der Waals surface area (Å²) in [6, 6.07) is 3.66. The Balaban J connectivity index is 1.52. The second-order valence-corrected chi connectivity index (χ2v) is 7.82. The lowest BCUT2D eigenvalue weighted by Gasteiger charge is -2.34. The number of nitrogens with zero attached hydrogens (tertiary/aromatic N) is 3. The van der Waals surface area contributed by atoms with Gasteiger partial charge in [-0.25, -0.2) is 4.98 Å². The van der Waals surface area contributed by atoms with E-state index in [4.69, 9.17) is 4.42 Å². The van der Waals surface area contributed by atoms with E-state index in [1.165, 1.54) is 11.3 Å². The number of hydrogen-bond acceptors (Lipinski definition) is 6. The number of aliphatic hydroxyl groups is 1. The Morgan fingerprint density at radius 2 is 2.28 bits per heavy atom. The first kappa shape index (κ1) is 18.1. The molecule has 6 nitrogen and oxygen atoms in total. The van der Waals surface area contributed by atoms with E-state index < -0.39 is 0 Å². The van der Waals surface area contributed by atoms with Gasteiger partial charge in [0.1, 0.15) is 4.88 Å². The van der Waals surface area contributed by atoms with Crippen molar-refractivity contribution in [2.75, 3.05) is 33.2 Å². The van der Waals surface area contributed by atoms with E-state index >= 15 is 0 Å². The van der Waals surface area contributed by atoms with E-state index in [-0.39, 0.29) is 12.0 Å². The lowest BCUT2D eigenvalue weighted by atomic mass is 9.96. The minimum atomic E-state index is -0.282. The average molecular weight is 363 g/mol. The van der Waals surface area contributed by atoms with Crippen LogP contribution in [0, 0.1) is 5.92 Å². The molecule has 0 spiro atoms. The molecule has 1 amide bonds. The van der Waals surface area contributed by atoms with Crippen LogP contribution in [0.2, 0.25) is 0 Å². The van der Waals surface area contributed by atoms with Crippen molar-refractivity contribution in [3.05, 3.63) is 29.5 Å². The van der Waals surface area contributed by atoms with E-state index in [2.05, 4.69) is 9.88 Å². The van der Waals surface area contributed by atoms with E-state index in [1.807, 2.05) is 26.1 Å². The molecule has 0 bridgehead atoms. The van der Waals surface area contributed by atoms with Crippen LogP contribution in [0.1, 0.15) is 29.4 Å². The number of amides is 1. The zero-order chi connectivity index (χ0) is 17.8. The molecule has 1 fully saturated rings. The van der Waals surface area contributed by atoms with Crippen LogP contribution in [0.4, 0.5) is 0 Å². The number of thiazole rings is 1. The fourth-order valence-electron chi connectivity index (χ4n) is 3.27. The Hall–Kier alpha value is -1.70. The van der Waals surface area contributed by atoms with E-state index in [0.29, 0.717) is 16.6 Å². The van der Waals surface area contributed by atoms with Crippen molar-refractivity contribution >= 4 is 17.2 Å². The number of piperidine rings is 1. The second-order valence-electron chi connectivity index (χ2n) is 6.79. The van der Waals surface area contributed by atoms with Gasteiger partial charge in [-0.05, 0) is 50.9 Å². The van der Waals surface area contributed by atoms with E-state index in [1.54, 1.807) is 17.4 Å². The van der Waals surface area contributed by atoms with Crippen molar-refractivity contribution in [1.29, 1.82) is 0 Å². The monoisotopic (exact) mass is 363 g/mol. The molecule has 2 aromatic heterocycles. The van der Waals surface area contributed by atoms with Crippen LogP contribution in [-0.2, 0) is 0 Å². The number of hydrogen-bond donors (Lipinski definition) is 1. The summed E-state index contributed by atoms with van der Waals surface area (Å²) in [7, 11) is 1.86. The van der Waals surface area contributed by atoms with Gasteiger partial charge in [0, 0.05) is 20.1 Å². The minimum absolute atomic E-state index is 0.0155. The Bertz CT molecular complexity index is 676. The van der Waals surface area contributed by atoms with Crippen LogP contribution >= 0.6 is 11.3 Å². The van der Waals surface area contributed by atoms with E-state index in [0.717, 1.165) is 44.0 Å². The van der Waals surface area contributed by atoms with Gasteiger partial charge in [0.2, 0.25) is 0 Å². The number of rotatable bonds is 6. The lowest BCUT2D eigenvalue weighted by molar-refractivity contribution is 0.0706. The van der Waals surface area contributed by atoms with Crippen LogP contribution in [0.3, 0.4) is 0 Å². The third-order valence-corrected chi connectivity index (χ3v) is 5.56. The lowest BCUT2D eigenvalue weighted by Crippen LogP contribution is -2.41. The molecular weight excluding hydrogens is 338 g/mol. The Morgan fingerprint density at radius 3 is 2.92 bits per heavy atom. The van der Waals surface area contributed by atoms with Crippen molar-refractivity contribution in [3.63, 3.8) is 0 Å². The quantitative estimate of drug-likeness (QED) is 0.854. The van der Waals surface area contributed by atoms with Crippen LogP contribution in [0.5, 0.6) is 0 Å². The Labute approximate surface area is 152 Å². The summed E-state index contributed by atoms with van der Waals surface area (Å²) in [6.45, 7) is 5.29. The molecular formula is C18H25N3O3S. The van der Waals surface area contributed by atoms with Crippen LogP contribution < -0.4 is 0 Å². The summed E-state index contributed by atoms with van der Waals surface area (Å²) in [5.74, 6) is 1.22. The van der Waals surface area contributed by atoms with Crippen LogP contribution in [0.15, 0.2) is 29.0 Å². The number of β-amino-alcohol motifs (C(OH)–C–C–N with tert-alkyl or cyclic N) is 1. The molecule has 1 N–H and O–H groups in total. The van der Waals surface area contributed by atoms with Crippen molar-refractivity contribution in [1.82, 2.24) is 14.8 Å². The summed E-state index contributed by atoms with van der Waals surface area (Å²) in [4.78, 5) is 21.7. The zero-order valence-corrected chi connectivity index (χ0v) is 15.5. The predicted molar refractivity (Wildman–Crippen MR) is 97.6 cm³/mol. The molecule has 2 aromatic rings. The molecule has 0 aliphatic carbocycles. The highest BCUT2D eigenvalue weighted by Crippen LogP contribution is 2.26. The van der Waals surface area contributed by atoms with Crippen molar-refractivity contribution in [3.8, 4) is 10.8 Å². The fourth-order valence-corrected chi connectivity index (χ4v) is 4.15. The third-order valence-electron chi connectivity index (χ3n) is 4.56.